The van der Waals surface area contributed by atoms with Gasteiger partial charge < -0.3 is 39.3 Å². The molecule has 0 radical (unpaired) electrons. The first-order valence-corrected chi connectivity index (χ1v) is 17.3. The van der Waals surface area contributed by atoms with Gasteiger partial charge in [0.1, 0.15) is 16.9 Å². The molecule has 1 saturated carbocycles. The first kappa shape index (κ1) is 32.5. The Labute approximate surface area is 280 Å². The number of aryl methyl sites for hydroxylation is 2. The molecular weight excluding hydrogens is 610 g/mol. The number of nitrogens with one attached hydrogen (secondary N) is 1. The summed E-state index contributed by atoms with van der Waals surface area (Å²) in [6.07, 6.45) is 5.85. The molecular formula is C36H47N7O5. The van der Waals surface area contributed by atoms with Crippen molar-refractivity contribution in [2.24, 2.45) is 24.6 Å². The maximum absolute atomic E-state index is 13.8. The number of ether oxygens (including phenoxy) is 3. The predicted octanol–water partition coefficient (Wildman–Crippen LogP) is 4.19. The van der Waals surface area contributed by atoms with E-state index in [2.05, 4.69) is 22.0 Å². The topological polar surface area (TPSA) is 139 Å². The Hall–Kier alpha value is -4.00. The number of hydrogen-bond acceptors (Lipinski definition) is 8. The molecule has 48 heavy (non-hydrogen) atoms. The molecule has 3 aromatic heterocycles. The molecule has 1 saturated heterocycles. The fourth-order valence-electron chi connectivity index (χ4n) is 7.57. The Morgan fingerprint density at radius 1 is 1.06 bits per heavy atom. The minimum atomic E-state index is -0.282. The number of aromatic nitrogens is 4. The quantitative estimate of drug-likeness (QED) is 0.282. The number of fused-ring (bicyclic) bond motifs is 3. The zero-order valence-corrected chi connectivity index (χ0v) is 28.4. The summed E-state index contributed by atoms with van der Waals surface area (Å²) in [5.74, 6) is 2.05. The summed E-state index contributed by atoms with van der Waals surface area (Å²) in [6, 6.07) is 9.43. The zero-order chi connectivity index (χ0) is 33.5. The maximum atomic E-state index is 13.8. The van der Waals surface area contributed by atoms with Crippen LogP contribution in [0.2, 0.25) is 0 Å². The van der Waals surface area contributed by atoms with Gasteiger partial charge >= 0.3 is 0 Å². The van der Waals surface area contributed by atoms with E-state index in [1.54, 1.807) is 25.2 Å². The van der Waals surface area contributed by atoms with Crippen molar-refractivity contribution in [1.29, 1.82) is 0 Å². The van der Waals surface area contributed by atoms with Gasteiger partial charge in [0.15, 0.2) is 5.82 Å². The molecule has 2 bridgehead atoms. The first-order chi connectivity index (χ1) is 23.3. The molecule has 1 aromatic carbocycles. The Morgan fingerprint density at radius 3 is 2.71 bits per heavy atom. The lowest BCUT2D eigenvalue weighted by Crippen LogP contribution is -2.54. The summed E-state index contributed by atoms with van der Waals surface area (Å²) in [5, 5.41) is 4.22. The molecule has 12 heteroatoms. The first-order valence-electron chi connectivity index (χ1n) is 17.3. The molecule has 2 aliphatic heterocycles. The number of hydrogen-bond donors (Lipinski definition) is 2. The second-order valence-corrected chi connectivity index (χ2v) is 13.7. The van der Waals surface area contributed by atoms with Crippen LogP contribution in [0.3, 0.4) is 0 Å². The van der Waals surface area contributed by atoms with Crippen molar-refractivity contribution in [3.63, 3.8) is 0 Å². The third-order valence-electron chi connectivity index (χ3n) is 10.4. The van der Waals surface area contributed by atoms with E-state index in [1.807, 2.05) is 30.7 Å². The van der Waals surface area contributed by atoms with Crippen LogP contribution in [0.15, 0.2) is 30.3 Å². The number of pyridine rings is 1. The average molecular weight is 658 g/mol. The van der Waals surface area contributed by atoms with Gasteiger partial charge in [-0.05, 0) is 68.9 Å². The molecule has 256 valence electrons. The number of nitrogens with zero attached hydrogens (tertiary/aromatic N) is 5. The van der Waals surface area contributed by atoms with E-state index in [1.165, 1.54) is 0 Å². The number of carbonyl (C=O) groups is 2. The largest absolute Gasteiger partial charge is 0.494 e. The minimum Gasteiger partial charge on any atom is -0.494 e. The fourth-order valence-corrected chi connectivity index (χ4v) is 7.57. The highest BCUT2D eigenvalue weighted by molar-refractivity contribution is 6.00. The second kappa shape index (κ2) is 13.5. The van der Waals surface area contributed by atoms with Crippen LogP contribution in [0.5, 0.6) is 5.75 Å². The molecule has 7 rings (SSSR count). The monoisotopic (exact) mass is 657 g/mol. The molecule has 3 N–H and O–H groups in total. The molecule has 4 aromatic rings. The second-order valence-electron chi connectivity index (χ2n) is 13.7. The highest BCUT2D eigenvalue weighted by Crippen LogP contribution is 2.43. The van der Waals surface area contributed by atoms with E-state index in [9.17, 15) is 9.59 Å². The number of benzene rings is 1. The number of methoxy groups -OCH3 is 2. The number of likely N-dealkylation sites (tertiary alicyclic amines) is 1. The molecule has 12 nitrogen and oxygen atoms in total. The number of nitrogens with two attached hydrogens (primary N) is 1. The highest BCUT2D eigenvalue weighted by atomic mass is 16.5. The van der Waals surface area contributed by atoms with Crippen molar-refractivity contribution in [2.75, 3.05) is 40.5 Å². The van der Waals surface area contributed by atoms with Crippen LogP contribution in [-0.4, -0.2) is 88.5 Å². The van der Waals surface area contributed by atoms with Crippen LogP contribution in [0.1, 0.15) is 67.5 Å². The van der Waals surface area contributed by atoms with Crippen LogP contribution < -0.4 is 15.8 Å². The smallest absolute Gasteiger partial charge is 0.254 e. The normalized spacial score (nSPS) is 24.8. The van der Waals surface area contributed by atoms with Gasteiger partial charge in [0.05, 0.1) is 49.4 Å². The van der Waals surface area contributed by atoms with Crippen molar-refractivity contribution in [1.82, 2.24) is 29.3 Å². The van der Waals surface area contributed by atoms with E-state index in [0.717, 1.165) is 72.4 Å². The number of piperidine rings is 1. The van der Waals surface area contributed by atoms with Crippen LogP contribution in [0, 0.1) is 11.8 Å². The minimum absolute atomic E-state index is 0.106. The molecule has 2 fully saturated rings. The van der Waals surface area contributed by atoms with Gasteiger partial charge in [0.25, 0.3) is 5.91 Å². The van der Waals surface area contributed by atoms with Crippen LogP contribution in [0.25, 0.3) is 33.6 Å². The SMILES string of the molecule is COCCO[C@@H]1CCN(C(=O)c2cc(OC)c3c(c2)nc(-c2cc4ccc5nc4n2CCCCC[C@@H]2C[C@H]2C(=O)N[C@@H]5C)n3C)C[C@@H]1N. The van der Waals surface area contributed by atoms with Gasteiger partial charge in [-0.15, -0.1) is 0 Å². The van der Waals surface area contributed by atoms with Gasteiger partial charge in [-0.25, -0.2) is 9.97 Å². The Bertz CT molecular complexity index is 1830. The summed E-state index contributed by atoms with van der Waals surface area (Å²) in [6.45, 7) is 4.76. The molecule has 1 aliphatic carbocycles. The van der Waals surface area contributed by atoms with E-state index < -0.39 is 0 Å². The highest BCUT2D eigenvalue weighted by Gasteiger charge is 2.42. The summed E-state index contributed by atoms with van der Waals surface area (Å²) in [4.78, 5) is 38.7. The molecule has 3 aliphatic rings. The van der Waals surface area contributed by atoms with Crippen molar-refractivity contribution < 1.29 is 23.8 Å². The van der Waals surface area contributed by atoms with Gasteiger partial charge in [0.2, 0.25) is 5.91 Å². The Balaban J connectivity index is 1.21. The lowest BCUT2D eigenvalue weighted by Gasteiger charge is -2.36. The lowest BCUT2D eigenvalue weighted by atomic mass is 10.0. The van der Waals surface area contributed by atoms with Gasteiger partial charge in [-0.2, -0.15) is 0 Å². The third-order valence-corrected chi connectivity index (χ3v) is 10.4. The average Bonchev–Trinajstić information content (AvgIpc) is 3.67. The van der Waals surface area contributed by atoms with Crippen LogP contribution in [-0.2, 0) is 27.9 Å². The van der Waals surface area contributed by atoms with Crippen LogP contribution >= 0.6 is 0 Å². The summed E-state index contributed by atoms with van der Waals surface area (Å²) in [5.41, 5.74) is 11.1. The van der Waals surface area contributed by atoms with Crippen molar-refractivity contribution in [3.8, 4) is 17.3 Å². The molecule has 2 amide bonds. The van der Waals surface area contributed by atoms with Gasteiger partial charge in [-0.1, -0.05) is 12.8 Å². The number of carbonyl (C=O) groups excluding carboxylic acids is 2. The van der Waals surface area contributed by atoms with Crippen molar-refractivity contribution in [2.45, 2.75) is 70.2 Å². The standard InChI is InChI=1S/C36H47N7O5/c1-21-27-10-9-23-18-29(43(33(23)39-27)12-7-5-6-8-22-16-25(22)35(44)38-21)34-40-28-17-24(19-31(47-4)32(28)41(34)2)36(45)42-13-11-30(26(37)20-42)48-15-14-46-3/h9-10,17-19,21-22,25-26,30H,5-8,11-16,20,37H2,1-4H3,(H,38,44)/t21-,22-,25-,26+,30-/m1/s1. The van der Waals surface area contributed by atoms with Crippen molar-refractivity contribution >= 4 is 33.9 Å². The van der Waals surface area contributed by atoms with Gasteiger partial charge in [-0.3, -0.25) is 9.59 Å². The maximum Gasteiger partial charge on any atom is 0.254 e. The van der Waals surface area contributed by atoms with E-state index >= 15 is 0 Å². The van der Waals surface area contributed by atoms with E-state index in [-0.39, 0.29) is 35.9 Å². The number of amides is 2. The van der Waals surface area contributed by atoms with E-state index in [4.69, 9.17) is 29.9 Å². The number of imidazole rings is 1. The van der Waals surface area contributed by atoms with Gasteiger partial charge in [0, 0.05) is 56.7 Å². The predicted molar refractivity (Wildman–Crippen MR) is 183 cm³/mol. The summed E-state index contributed by atoms with van der Waals surface area (Å²) >= 11 is 0. The van der Waals surface area contributed by atoms with Crippen molar-refractivity contribution in [3.05, 3.63) is 41.6 Å². The zero-order valence-electron chi connectivity index (χ0n) is 28.4. The lowest BCUT2D eigenvalue weighted by molar-refractivity contribution is -0.123. The fraction of sp³-hybridized carbons (Fsp3) is 0.556. The Kier molecular flexibility index (Phi) is 9.14. The number of rotatable bonds is 7. The summed E-state index contributed by atoms with van der Waals surface area (Å²) in [7, 11) is 5.25. The Morgan fingerprint density at radius 2 is 1.92 bits per heavy atom. The van der Waals surface area contributed by atoms with E-state index in [0.29, 0.717) is 55.5 Å². The molecule has 5 atom stereocenters. The molecule has 0 unspecified atom stereocenters. The van der Waals surface area contributed by atoms with Crippen LogP contribution in [0.4, 0.5) is 0 Å². The molecule has 0 spiro atoms. The third kappa shape index (κ3) is 6.17. The summed E-state index contributed by atoms with van der Waals surface area (Å²) < 4.78 is 21.1. The molecule has 5 heterocycles.